The molecule has 3 atom stereocenters. The average Bonchev–Trinajstić information content (AvgIpc) is 2.99. The lowest BCUT2D eigenvalue weighted by molar-refractivity contribution is -0.369. The van der Waals surface area contributed by atoms with Crippen LogP contribution >= 0.6 is 0 Å². The Morgan fingerprint density at radius 3 is 1.48 bits per heavy atom. The van der Waals surface area contributed by atoms with Crippen molar-refractivity contribution in [3.8, 4) is 0 Å². The van der Waals surface area contributed by atoms with Gasteiger partial charge in [-0.15, -0.1) is 0 Å². The maximum Gasteiger partial charge on any atom is 0.453 e. The molecule has 0 amide bonds. The number of fused-ring (bicyclic) bond motifs is 1. The van der Waals surface area contributed by atoms with Crippen LogP contribution in [0.4, 0.5) is 52.7 Å². The molecular formula is C11H8F12. The van der Waals surface area contributed by atoms with Gasteiger partial charge in [0.15, 0.2) is 0 Å². The summed E-state index contributed by atoms with van der Waals surface area (Å²) in [6, 6.07) is 0. The predicted molar refractivity (Wildman–Crippen MR) is 50.3 cm³/mol. The van der Waals surface area contributed by atoms with Gasteiger partial charge in [-0.2, -0.15) is 48.3 Å². The van der Waals surface area contributed by atoms with E-state index in [0.717, 1.165) is 0 Å². The van der Waals surface area contributed by atoms with Crippen molar-refractivity contribution < 1.29 is 52.7 Å². The molecule has 136 valence electrons. The third-order valence-corrected chi connectivity index (χ3v) is 4.95. The molecule has 2 rings (SSSR count). The minimum atomic E-state index is -6.52. The topological polar surface area (TPSA) is 0 Å². The molecule has 0 spiro atoms. The quantitative estimate of drug-likeness (QED) is 0.531. The summed E-state index contributed by atoms with van der Waals surface area (Å²) in [5.41, 5.74) is -14.2. The third kappa shape index (κ3) is 1.83. The summed E-state index contributed by atoms with van der Waals surface area (Å²) in [5, 5.41) is 0. The van der Waals surface area contributed by atoms with Crippen molar-refractivity contribution in [1.82, 2.24) is 0 Å². The molecule has 2 aliphatic rings. The molecule has 12 heteroatoms. The molecule has 0 N–H and O–H groups in total. The highest BCUT2D eigenvalue weighted by Gasteiger charge is 3.00. The fourth-order valence-corrected chi connectivity index (χ4v) is 3.86. The van der Waals surface area contributed by atoms with Crippen LogP contribution < -0.4 is 0 Å². The standard InChI is InChI=1S/C11H8F12/c12-7(10(18,19)20)3-1-2-5(8(13,14)11(21,22)23)4-6(5,7)9(15,16)17/h1-4H2. The van der Waals surface area contributed by atoms with Crippen LogP contribution in [-0.4, -0.2) is 30.1 Å². The van der Waals surface area contributed by atoms with Crippen molar-refractivity contribution in [2.75, 3.05) is 0 Å². The monoisotopic (exact) mass is 368 g/mol. The van der Waals surface area contributed by atoms with Crippen LogP contribution in [0, 0.1) is 10.8 Å². The first-order valence-corrected chi connectivity index (χ1v) is 6.18. The second-order valence-corrected chi connectivity index (χ2v) is 5.89. The van der Waals surface area contributed by atoms with Crippen LogP contribution in [0.3, 0.4) is 0 Å². The van der Waals surface area contributed by atoms with Crippen LogP contribution in [0.5, 0.6) is 0 Å². The molecule has 2 fully saturated rings. The van der Waals surface area contributed by atoms with Crippen molar-refractivity contribution >= 4 is 0 Å². The molecule has 0 nitrogen and oxygen atoms in total. The number of halogens is 12. The Labute approximate surface area is 120 Å². The van der Waals surface area contributed by atoms with Gasteiger partial charge in [0.05, 0.1) is 5.41 Å². The molecule has 0 aromatic carbocycles. The zero-order chi connectivity index (χ0) is 18.3. The summed E-state index contributed by atoms with van der Waals surface area (Å²) in [4.78, 5) is 0. The van der Waals surface area contributed by atoms with Gasteiger partial charge in [-0.3, -0.25) is 0 Å². The van der Waals surface area contributed by atoms with Gasteiger partial charge in [-0.05, 0) is 25.7 Å². The average molecular weight is 368 g/mol. The number of hydrogen-bond acceptors (Lipinski definition) is 0. The molecule has 0 heterocycles. The van der Waals surface area contributed by atoms with E-state index < -0.39 is 66.6 Å². The molecule has 0 aromatic heterocycles. The molecule has 0 aromatic rings. The van der Waals surface area contributed by atoms with Gasteiger partial charge >= 0.3 is 24.5 Å². The minimum absolute atomic E-state index is 1.17. The smallest absolute Gasteiger partial charge is 0.233 e. The van der Waals surface area contributed by atoms with E-state index in [2.05, 4.69) is 0 Å². The second-order valence-electron chi connectivity index (χ2n) is 5.89. The summed E-state index contributed by atoms with van der Waals surface area (Å²) in [6.07, 6.45) is -25.7. The van der Waals surface area contributed by atoms with Gasteiger partial charge in [-0.25, -0.2) is 4.39 Å². The van der Waals surface area contributed by atoms with Crippen molar-refractivity contribution in [3.63, 3.8) is 0 Å². The summed E-state index contributed by atoms with van der Waals surface area (Å²) >= 11 is 0. The van der Waals surface area contributed by atoms with Crippen LogP contribution in [0.2, 0.25) is 0 Å². The molecule has 0 radical (unpaired) electrons. The minimum Gasteiger partial charge on any atom is -0.233 e. The Balaban J connectivity index is 2.71. The predicted octanol–water partition coefficient (Wildman–Crippen LogP) is 5.58. The van der Waals surface area contributed by atoms with Crippen molar-refractivity contribution in [1.29, 1.82) is 0 Å². The lowest BCUT2D eigenvalue weighted by Crippen LogP contribution is -2.63. The summed E-state index contributed by atoms with van der Waals surface area (Å²) in [6.45, 7) is 0. The highest BCUT2D eigenvalue weighted by Crippen LogP contribution is 2.87. The lowest BCUT2D eigenvalue weighted by Gasteiger charge is -2.46. The molecule has 0 bridgehead atoms. The molecular weight excluding hydrogens is 360 g/mol. The summed E-state index contributed by atoms with van der Waals surface area (Å²) in [5.74, 6) is -6.10. The van der Waals surface area contributed by atoms with E-state index in [9.17, 15) is 52.7 Å². The van der Waals surface area contributed by atoms with Crippen LogP contribution in [0.1, 0.15) is 25.7 Å². The summed E-state index contributed by atoms with van der Waals surface area (Å²) < 4.78 is 157. The van der Waals surface area contributed by atoms with Crippen LogP contribution in [0.15, 0.2) is 0 Å². The highest BCUT2D eigenvalue weighted by atomic mass is 19.4. The van der Waals surface area contributed by atoms with E-state index in [1.54, 1.807) is 0 Å². The van der Waals surface area contributed by atoms with E-state index in [1.165, 1.54) is 0 Å². The van der Waals surface area contributed by atoms with Gasteiger partial charge < -0.3 is 0 Å². The molecule has 0 aliphatic heterocycles. The second kappa shape index (κ2) is 4.22. The molecule has 0 saturated heterocycles. The molecule has 2 saturated carbocycles. The van der Waals surface area contributed by atoms with E-state index in [1.807, 2.05) is 0 Å². The van der Waals surface area contributed by atoms with E-state index >= 15 is 0 Å². The zero-order valence-electron chi connectivity index (χ0n) is 10.9. The van der Waals surface area contributed by atoms with Gasteiger partial charge in [0.1, 0.15) is 5.41 Å². The Bertz CT molecular complexity index is 499. The van der Waals surface area contributed by atoms with Gasteiger partial charge in [0.25, 0.3) is 0 Å². The largest absolute Gasteiger partial charge is 0.453 e. The lowest BCUT2D eigenvalue weighted by atomic mass is 9.66. The van der Waals surface area contributed by atoms with E-state index in [-0.39, 0.29) is 0 Å². The van der Waals surface area contributed by atoms with Crippen molar-refractivity contribution in [2.45, 2.75) is 55.8 Å². The van der Waals surface area contributed by atoms with E-state index in [0.29, 0.717) is 0 Å². The Kier molecular flexibility index (Phi) is 3.39. The van der Waals surface area contributed by atoms with Crippen LogP contribution in [-0.2, 0) is 0 Å². The first-order chi connectivity index (χ1) is 9.91. The number of alkyl halides is 12. The van der Waals surface area contributed by atoms with Gasteiger partial charge in [-0.1, -0.05) is 0 Å². The van der Waals surface area contributed by atoms with Crippen LogP contribution in [0.25, 0.3) is 0 Å². The molecule has 2 aliphatic carbocycles. The van der Waals surface area contributed by atoms with Crippen molar-refractivity contribution in [3.05, 3.63) is 0 Å². The summed E-state index contributed by atoms with van der Waals surface area (Å²) in [7, 11) is 0. The van der Waals surface area contributed by atoms with E-state index in [4.69, 9.17) is 0 Å². The zero-order valence-corrected chi connectivity index (χ0v) is 10.9. The first kappa shape index (κ1) is 18.5. The highest BCUT2D eigenvalue weighted by molar-refractivity contribution is 5.34. The number of hydrogen-bond donors (Lipinski definition) is 0. The molecule has 3 unspecified atom stereocenters. The van der Waals surface area contributed by atoms with Gasteiger partial charge in [0.2, 0.25) is 5.67 Å². The molecule has 23 heavy (non-hydrogen) atoms. The Hall–Kier alpha value is -0.840. The van der Waals surface area contributed by atoms with Gasteiger partial charge in [0, 0.05) is 0 Å². The maximum atomic E-state index is 14.3. The third-order valence-electron chi connectivity index (χ3n) is 4.95. The normalized spacial score (nSPS) is 39.1. The fraction of sp³-hybridized carbons (Fsp3) is 1.00. The fourth-order valence-electron chi connectivity index (χ4n) is 3.86. The maximum absolute atomic E-state index is 14.3. The first-order valence-electron chi connectivity index (χ1n) is 6.18. The number of rotatable bonds is 1. The Morgan fingerprint density at radius 2 is 1.13 bits per heavy atom. The Morgan fingerprint density at radius 1 is 0.652 bits per heavy atom. The SMILES string of the molecule is FC(F)(F)C(F)(F)C12CCCC(F)(C(F)(F)F)C1(C(F)(F)F)C2. The van der Waals surface area contributed by atoms with Crippen molar-refractivity contribution in [2.24, 2.45) is 10.8 Å².